The average molecular weight is 252 g/mol. The number of nitrogens with zero attached hydrogens (tertiary/aromatic N) is 4. The van der Waals surface area contributed by atoms with Crippen molar-refractivity contribution < 1.29 is 9.35 Å². The van der Waals surface area contributed by atoms with Crippen molar-refractivity contribution in [3.05, 3.63) is 38.8 Å². The van der Waals surface area contributed by atoms with Crippen LogP contribution < -0.4 is 4.43 Å². The monoisotopic (exact) mass is 252 g/mol. The van der Waals surface area contributed by atoms with E-state index in [4.69, 9.17) is 9.96 Å². The van der Waals surface area contributed by atoms with Gasteiger partial charge in [-0.25, -0.2) is 0 Å². The van der Waals surface area contributed by atoms with E-state index in [9.17, 15) is 10.1 Å². The largest absolute Gasteiger partial charge is 0.544 e. The zero-order valence-electron chi connectivity index (χ0n) is 9.75. The molecule has 17 heavy (non-hydrogen) atoms. The number of nitro groups is 1. The molecule has 0 atom stereocenters. The van der Waals surface area contributed by atoms with Crippen molar-refractivity contribution in [2.24, 2.45) is 5.11 Å². The lowest BCUT2D eigenvalue weighted by atomic mass is 10.2. The summed E-state index contributed by atoms with van der Waals surface area (Å²) in [6.07, 6.45) is 0. The van der Waals surface area contributed by atoms with Crippen LogP contribution in [0.5, 0.6) is 5.75 Å². The molecular weight excluding hydrogens is 240 g/mol. The Kier molecular flexibility index (Phi) is 3.72. The Labute approximate surface area is 98.9 Å². The molecule has 0 heterocycles. The average Bonchev–Trinajstić information content (AvgIpc) is 2.18. The number of azide groups is 1. The van der Waals surface area contributed by atoms with Crippen LogP contribution in [0.2, 0.25) is 19.6 Å². The van der Waals surface area contributed by atoms with Crippen molar-refractivity contribution in [2.45, 2.75) is 19.6 Å². The molecule has 90 valence electrons. The molecule has 0 spiro atoms. The zero-order valence-corrected chi connectivity index (χ0v) is 10.7. The van der Waals surface area contributed by atoms with Gasteiger partial charge in [-0.05, 0) is 37.3 Å². The van der Waals surface area contributed by atoms with Crippen LogP contribution in [0.4, 0.5) is 11.4 Å². The smallest absolute Gasteiger partial charge is 0.282 e. The number of rotatable bonds is 4. The summed E-state index contributed by atoms with van der Waals surface area (Å²) in [6, 6.07) is 4.23. The fraction of sp³-hybridized carbons (Fsp3) is 0.333. The summed E-state index contributed by atoms with van der Waals surface area (Å²) in [4.78, 5) is 12.7. The summed E-state index contributed by atoms with van der Waals surface area (Å²) < 4.78 is 5.63. The van der Waals surface area contributed by atoms with Crippen LogP contribution >= 0.6 is 0 Å². The van der Waals surface area contributed by atoms with E-state index in [1.807, 2.05) is 19.6 Å². The van der Waals surface area contributed by atoms with Gasteiger partial charge in [0.25, 0.3) is 5.69 Å². The number of nitro benzene ring substituents is 1. The predicted molar refractivity (Wildman–Crippen MR) is 65.9 cm³/mol. The Morgan fingerprint density at radius 3 is 2.59 bits per heavy atom. The first-order chi connectivity index (χ1) is 7.83. The van der Waals surface area contributed by atoms with Crippen LogP contribution in [-0.2, 0) is 0 Å². The van der Waals surface area contributed by atoms with Gasteiger partial charge in [-0.15, -0.1) is 0 Å². The SMILES string of the molecule is C[Si](C)(C)Oc1ccc(N=[N+]=[N-])c([N+](=O)[O-])c1. The van der Waals surface area contributed by atoms with E-state index in [-0.39, 0.29) is 11.4 Å². The zero-order chi connectivity index (χ0) is 13.1. The lowest BCUT2D eigenvalue weighted by molar-refractivity contribution is -0.384. The van der Waals surface area contributed by atoms with E-state index in [0.29, 0.717) is 5.75 Å². The molecule has 7 nitrogen and oxygen atoms in total. The van der Waals surface area contributed by atoms with E-state index in [1.54, 1.807) is 6.07 Å². The maximum absolute atomic E-state index is 10.8. The Morgan fingerprint density at radius 1 is 1.47 bits per heavy atom. The molecule has 0 aliphatic rings. The molecule has 0 saturated carbocycles. The maximum Gasteiger partial charge on any atom is 0.282 e. The summed E-state index contributed by atoms with van der Waals surface area (Å²) in [7, 11) is -1.82. The van der Waals surface area contributed by atoms with Gasteiger partial charge in [-0.2, -0.15) is 0 Å². The van der Waals surface area contributed by atoms with Crippen molar-refractivity contribution in [3.63, 3.8) is 0 Å². The van der Waals surface area contributed by atoms with Crippen molar-refractivity contribution in [2.75, 3.05) is 0 Å². The van der Waals surface area contributed by atoms with Gasteiger partial charge in [-0.3, -0.25) is 10.1 Å². The van der Waals surface area contributed by atoms with E-state index < -0.39 is 13.2 Å². The molecular formula is C9H12N4O3Si. The Balaban J connectivity index is 3.19. The quantitative estimate of drug-likeness (QED) is 0.203. The van der Waals surface area contributed by atoms with Crippen LogP contribution in [0.1, 0.15) is 0 Å². The van der Waals surface area contributed by atoms with E-state index in [0.717, 1.165) is 0 Å². The van der Waals surface area contributed by atoms with Gasteiger partial charge in [0.15, 0.2) is 0 Å². The second-order valence-corrected chi connectivity index (χ2v) is 8.74. The molecule has 0 bridgehead atoms. The predicted octanol–water partition coefficient (Wildman–Crippen LogP) is 3.75. The van der Waals surface area contributed by atoms with Crippen molar-refractivity contribution in [3.8, 4) is 5.75 Å². The topological polar surface area (TPSA) is 101 Å². The highest BCUT2D eigenvalue weighted by molar-refractivity contribution is 6.70. The number of hydrogen-bond acceptors (Lipinski definition) is 4. The molecule has 0 fully saturated rings. The van der Waals surface area contributed by atoms with Crippen molar-refractivity contribution in [1.82, 2.24) is 0 Å². The fourth-order valence-corrected chi connectivity index (χ4v) is 2.03. The van der Waals surface area contributed by atoms with Crippen LogP contribution in [0.3, 0.4) is 0 Å². The molecule has 0 aliphatic heterocycles. The van der Waals surface area contributed by atoms with Gasteiger partial charge < -0.3 is 4.43 Å². The summed E-state index contributed by atoms with van der Waals surface area (Å²) in [6.45, 7) is 5.92. The molecule has 0 aromatic heterocycles. The Bertz CT molecular complexity index is 492. The molecule has 0 aliphatic carbocycles. The van der Waals surface area contributed by atoms with E-state index in [2.05, 4.69) is 10.0 Å². The van der Waals surface area contributed by atoms with Crippen LogP contribution in [0.15, 0.2) is 23.3 Å². The summed E-state index contributed by atoms with van der Waals surface area (Å²) in [5.41, 5.74) is 8.03. The minimum Gasteiger partial charge on any atom is -0.544 e. The first-order valence-corrected chi connectivity index (χ1v) is 8.27. The second-order valence-electron chi connectivity index (χ2n) is 4.31. The second kappa shape index (κ2) is 4.85. The van der Waals surface area contributed by atoms with Crippen LogP contribution in [-0.4, -0.2) is 13.2 Å². The summed E-state index contributed by atoms with van der Waals surface area (Å²) >= 11 is 0. The number of benzene rings is 1. The standard InChI is InChI=1S/C9H12N4O3Si/c1-17(2,3)16-7-4-5-8(11-12-10)9(6-7)13(14)15/h4-6H,1-3H3. The molecule has 0 radical (unpaired) electrons. The Hall–Kier alpha value is -2.05. The molecule has 0 saturated heterocycles. The van der Waals surface area contributed by atoms with Gasteiger partial charge in [-0.1, -0.05) is 5.11 Å². The lowest BCUT2D eigenvalue weighted by Gasteiger charge is -2.18. The van der Waals surface area contributed by atoms with Gasteiger partial charge in [0.2, 0.25) is 8.32 Å². The van der Waals surface area contributed by atoms with Gasteiger partial charge in [0, 0.05) is 4.91 Å². The number of hydrogen-bond donors (Lipinski definition) is 0. The third-order valence-corrected chi connectivity index (χ3v) is 2.57. The highest BCUT2D eigenvalue weighted by Crippen LogP contribution is 2.32. The van der Waals surface area contributed by atoms with Crippen molar-refractivity contribution >= 4 is 19.7 Å². The first-order valence-electron chi connectivity index (χ1n) is 4.86. The van der Waals surface area contributed by atoms with Crippen LogP contribution in [0.25, 0.3) is 10.4 Å². The molecule has 0 N–H and O–H groups in total. The van der Waals surface area contributed by atoms with Gasteiger partial charge in [0.1, 0.15) is 11.4 Å². The molecule has 1 aromatic carbocycles. The minimum absolute atomic E-state index is 0.0135. The third kappa shape index (κ3) is 3.78. The normalized spacial score (nSPS) is 10.5. The molecule has 0 unspecified atom stereocenters. The highest BCUT2D eigenvalue weighted by atomic mass is 28.4. The third-order valence-electron chi connectivity index (χ3n) is 1.72. The summed E-state index contributed by atoms with van der Waals surface area (Å²) in [5, 5.41) is 14.1. The first kappa shape index (κ1) is 13.0. The molecule has 8 heteroatoms. The molecule has 0 amide bonds. The highest BCUT2D eigenvalue weighted by Gasteiger charge is 2.19. The van der Waals surface area contributed by atoms with Crippen molar-refractivity contribution in [1.29, 1.82) is 0 Å². The van der Waals surface area contributed by atoms with E-state index in [1.165, 1.54) is 12.1 Å². The lowest BCUT2D eigenvalue weighted by Crippen LogP contribution is -2.29. The Morgan fingerprint density at radius 2 is 2.12 bits per heavy atom. The fourth-order valence-electron chi connectivity index (χ4n) is 1.20. The van der Waals surface area contributed by atoms with E-state index >= 15 is 0 Å². The van der Waals surface area contributed by atoms with Gasteiger partial charge in [0.05, 0.1) is 11.0 Å². The molecule has 1 aromatic rings. The van der Waals surface area contributed by atoms with Gasteiger partial charge >= 0.3 is 0 Å². The molecule has 1 rings (SSSR count). The summed E-state index contributed by atoms with van der Waals surface area (Å²) in [5.74, 6) is 0.424. The minimum atomic E-state index is -1.82. The maximum atomic E-state index is 10.8. The van der Waals surface area contributed by atoms with Crippen LogP contribution in [0, 0.1) is 10.1 Å².